The van der Waals surface area contributed by atoms with Crippen LogP contribution in [0.15, 0.2) is 18.2 Å². The van der Waals surface area contributed by atoms with Gasteiger partial charge in [0.15, 0.2) is 0 Å². The van der Waals surface area contributed by atoms with E-state index in [9.17, 15) is 14.4 Å². The van der Waals surface area contributed by atoms with Crippen LogP contribution in [0, 0.1) is 13.8 Å². The van der Waals surface area contributed by atoms with Gasteiger partial charge in [0.25, 0.3) is 0 Å². The van der Waals surface area contributed by atoms with Crippen LogP contribution in [0.4, 0.5) is 5.69 Å². The van der Waals surface area contributed by atoms with Gasteiger partial charge in [0.2, 0.25) is 17.7 Å². The summed E-state index contributed by atoms with van der Waals surface area (Å²) in [4.78, 5) is 41.5. The molecular formula is C19H26N4O3. The number of aryl methyl sites for hydroxylation is 1. The fourth-order valence-electron chi connectivity index (χ4n) is 3.53. The van der Waals surface area contributed by atoms with E-state index in [-0.39, 0.29) is 30.2 Å². The molecule has 0 aromatic heterocycles. The average molecular weight is 358 g/mol. The van der Waals surface area contributed by atoms with Gasteiger partial charge in [-0.25, -0.2) is 0 Å². The maximum atomic E-state index is 12.3. The summed E-state index contributed by atoms with van der Waals surface area (Å²) >= 11 is 0. The number of imide groups is 1. The van der Waals surface area contributed by atoms with Crippen LogP contribution in [0.2, 0.25) is 0 Å². The maximum absolute atomic E-state index is 12.3. The van der Waals surface area contributed by atoms with Crippen molar-refractivity contribution in [1.82, 2.24) is 14.7 Å². The first-order valence-electron chi connectivity index (χ1n) is 8.99. The molecular weight excluding hydrogens is 332 g/mol. The molecule has 0 radical (unpaired) electrons. The Morgan fingerprint density at radius 3 is 2.46 bits per heavy atom. The molecule has 1 aromatic rings. The van der Waals surface area contributed by atoms with Gasteiger partial charge in [0, 0.05) is 38.9 Å². The van der Waals surface area contributed by atoms with Gasteiger partial charge in [-0.1, -0.05) is 12.1 Å². The normalized spacial score (nSPS) is 22.1. The first-order chi connectivity index (χ1) is 12.4. The molecule has 2 aliphatic rings. The van der Waals surface area contributed by atoms with E-state index >= 15 is 0 Å². The van der Waals surface area contributed by atoms with Gasteiger partial charge >= 0.3 is 0 Å². The lowest BCUT2D eigenvalue weighted by atomic mass is 10.1. The number of amides is 3. The van der Waals surface area contributed by atoms with Gasteiger partial charge < -0.3 is 5.32 Å². The summed E-state index contributed by atoms with van der Waals surface area (Å²) in [6.45, 7) is 7.16. The van der Waals surface area contributed by atoms with Crippen molar-refractivity contribution < 1.29 is 14.4 Å². The van der Waals surface area contributed by atoms with Crippen LogP contribution in [0.5, 0.6) is 0 Å². The molecule has 1 N–H and O–H groups in total. The van der Waals surface area contributed by atoms with E-state index in [0.29, 0.717) is 32.7 Å². The zero-order chi connectivity index (χ0) is 18.8. The molecule has 7 nitrogen and oxygen atoms in total. The first-order valence-corrected chi connectivity index (χ1v) is 8.99. The summed E-state index contributed by atoms with van der Waals surface area (Å²) in [5, 5.41) is 2.98. The predicted octanol–water partition coefficient (Wildman–Crippen LogP) is 0.617. The van der Waals surface area contributed by atoms with Gasteiger partial charge in [-0.3, -0.25) is 29.1 Å². The average Bonchev–Trinajstić information content (AvgIpc) is 2.87. The Kier molecular flexibility index (Phi) is 5.38. The van der Waals surface area contributed by atoms with Crippen molar-refractivity contribution in [2.45, 2.75) is 26.3 Å². The third-order valence-electron chi connectivity index (χ3n) is 5.45. The monoisotopic (exact) mass is 358 g/mol. The summed E-state index contributed by atoms with van der Waals surface area (Å²) in [5.74, 6) is -0.259. The molecule has 0 bridgehead atoms. The summed E-state index contributed by atoms with van der Waals surface area (Å²) in [6, 6.07) is 5.54. The summed E-state index contributed by atoms with van der Waals surface area (Å²) < 4.78 is 0. The highest BCUT2D eigenvalue weighted by molar-refractivity contribution is 6.05. The van der Waals surface area contributed by atoms with E-state index in [1.54, 1.807) is 7.05 Å². The molecule has 2 fully saturated rings. The molecule has 3 amide bonds. The molecule has 0 unspecified atom stereocenters. The lowest BCUT2D eigenvalue weighted by molar-refractivity contribution is -0.138. The highest BCUT2D eigenvalue weighted by atomic mass is 16.2. The number of nitrogens with zero attached hydrogens (tertiary/aromatic N) is 3. The largest absolute Gasteiger partial charge is 0.325 e. The van der Waals surface area contributed by atoms with Crippen LogP contribution in [0.25, 0.3) is 0 Å². The molecule has 26 heavy (non-hydrogen) atoms. The number of hydrogen-bond donors (Lipinski definition) is 1. The van der Waals surface area contributed by atoms with E-state index in [4.69, 9.17) is 0 Å². The first kappa shape index (κ1) is 18.5. The molecule has 3 rings (SSSR count). The lowest BCUT2D eigenvalue weighted by Crippen LogP contribution is -2.53. The standard InChI is InChI=1S/C19H26N4O3/c1-13-5-4-6-15(14(13)2)20-17(24)12-22-7-9-23(10-8-22)16-11-18(25)21(3)19(16)26/h4-6,16H,7-12H2,1-3H3,(H,20,24)/t16-/m1/s1. The highest BCUT2D eigenvalue weighted by Gasteiger charge is 2.40. The smallest absolute Gasteiger partial charge is 0.246 e. The number of rotatable bonds is 4. The second kappa shape index (κ2) is 7.55. The fourth-order valence-corrected chi connectivity index (χ4v) is 3.53. The highest BCUT2D eigenvalue weighted by Crippen LogP contribution is 2.20. The Balaban J connectivity index is 1.50. The number of nitrogens with one attached hydrogen (secondary N) is 1. The van der Waals surface area contributed by atoms with Crippen molar-refractivity contribution in [2.75, 3.05) is 45.1 Å². The second-order valence-electron chi connectivity index (χ2n) is 7.12. The molecule has 140 valence electrons. The van der Waals surface area contributed by atoms with Crippen LogP contribution in [-0.4, -0.2) is 78.2 Å². The zero-order valence-corrected chi connectivity index (χ0v) is 15.6. The van der Waals surface area contributed by atoms with Crippen molar-refractivity contribution in [1.29, 1.82) is 0 Å². The molecule has 0 saturated carbocycles. The van der Waals surface area contributed by atoms with Crippen LogP contribution < -0.4 is 5.32 Å². The van der Waals surface area contributed by atoms with Gasteiger partial charge in [0.05, 0.1) is 19.0 Å². The SMILES string of the molecule is Cc1cccc(NC(=O)CN2CCN([C@@H]3CC(=O)N(C)C3=O)CC2)c1C. The van der Waals surface area contributed by atoms with E-state index < -0.39 is 0 Å². The molecule has 7 heteroatoms. The number of anilines is 1. The van der Waals surface area contributed by atoms with E-state index in [2.05, 4.69) is 15.1 Å². The Morgan fingerprint density at radius 1 is 1.15 bits per heavy atom. The number of hydrogen-bond acceptors (Lipinski definition) is 5. The molecule has 0 aliphatic carbocycles. The third-order valence-corrected chi connectivity index (χ3v) is 5.45. The second-order valence-corrected chi connectivity index (χ2v) is 7.12. The molecule has 2 saturated heterocycles. The van der Waals surface area contributed by atoms with Gasteiger partial charge in [-0.15, -0.1) is 0 Å². The van der Waals surface area contributed by atoms with Gasteiger partial charge in [-0.2, -0.15) is 0 Å². The van der Waals surface area contributed by atoms with E-state index in [0.717, 1.165) is 16.8 Å². The molecule has 2 heterocycles. The van der Waals surface area contributed by atoms with Crippen LogP contribution in [0.3, 0.4) is 0 Å². The quantitative estimate of drug-likeness (QED) is 0.799. The number of carbonyl (C=O) groups is 3. The van der Waals surface area contributed by atoms with Crippen molar-refractivity contribution >= 4 is 23.4 Å². The van der Waals surface area contributed by atoms with Crippen LogP contribution in [-0.2, 0) is 14.4 Å². The lowest BCUT2D eigenvalue weighted by Gasteiger charge is -2.36. The number of benzene rings is 1. The van der Waals surface area contributed by atoms with Crippen molar-refractivity contribution in [3.63, 3.8) is 0 Å². The van der Waals surface area contributed by atoms with Crippen LogP contribution >= 0.6 is 0 Å². The van der Waals surface area contributed by atoms with Crippen LogP contribution in [0.1, 0.15) is 17.5 Å². The van der Waals surface area contributed by atoms with Crippen molar-refractivity contribution in [3.8, 4) is 0 Å². The minimum absolute atomic E-state index is 0.0287. The Morgan fingerprint density at radius 2 is 1.85 bits per heavy atom. The topological polar surface area (TPSA) is 73.0 Å². The predicted molar refractivity (Wildman–Crippen MR) is 98.7 cm³/mol. The maximum Gasteiger partial charge on any atom is 0.246 e. The van der Waals surface area contributed by atoms with Gasteiger partial charge in [0.1, 0.15) is 0 Å². The van der Waals surface area contributed by atoms with Gasteiger partial charge in [-0.05, 0) is 31.0 Å². The Hall–Kier alpha value is -2.25. The van der Waals surface area contributed by atoms with Crippen molar-refractivity contribution in [3.05, 3.63) is 29.3 Å². The number of carbonyl (C=O) groups excluding carboxylic acids is 3. The third kappa shape index (κ3) is 3.78. The molecule has 1 aromatic carbocycles. The van der Waals surface area contributed by atoms with E-state index in [1.165, 1.54) is 4.90 Å². The summed E-state index contributed by atoms with van der Waals surface area (Å²) in [6.07, 6.45) is 0.266. The molecule has 0 spiro atoms. The number of likely N-dealkylation sites (N-methyl/N-ethyl adjacent to an activating group) is 1. The minimum atomic E-state index is -0.335. The summed E-state index contributed by atoms with van der Waals surface area (Å²) in [7, 11) is 1.54. The van der Waals surface area contributed by atoms with Crippen molar-refractivity contribution in [2.24, 2.45) is 0 Å². The Labute approximate surface area is 153 Å². The zero-order valence-electron chi connectivity index (χ0n) is 15.6. The fraction of sp³-hybridized carbons (Fsp3) is 0.526. The molecule has 1 atom stereocenters. The molecule has 2 aliphatic heterocycles. The number of piperazine rings is 1. The number of likely N-dealkylation sites (tertiary alicyclic amines) is 1. The summed E-state index contributed by atoms with van der Waals surface area (Å²) in [5.41, 5.74) is 3.09. The minimum Gasteiger partial charge on any atom is -0.325 e. The van der Waals surface area contributed by atoms with E-state index in [1.807, 2.05) is 32.0 Å². The Bertz CT molecular complexity index is 725.